The molecule has 2 aliphatic heterocycles. The number of ether oxygens (including phenoxy) is 2. The molecule has 0 amide bonds. The molecule has 0 saturated carbocycles. The largest absolute Gasteiger partial charge is 0.454 e. The molecular formula is C16H20N3O5P. The summed E-state index contributed by atoms with van der Waals surface area (Å²) in [4.78, 5) is 29.1. The maximum atomic E-state index is 11.0. The van der Waals surface area contributed by atoms with Gasteiger partial charge in [-0.05, 0) is 31.2 Å². The SMILES string of the molecule is O=P(O)(O)CCC1CCN(c2ncnc3cc4c(cc23)OCO4)CC1. The fourth-order valence-corrected chi connectivity index (χ4v) is 4.17. The van der Waals surface area contributed by atoms with E-state index in [1.807, 2.05) is 12.1 Å². The Morgan fingerprint density at radius 2 is 1.88 bits per heavy atom. The van der Waals surface area contributed by atoms with Crippen LogP contribution in [0.4, 0.5) is 5.82 Å². The Balaban J connectivity index is 1.51. The zero-order valence-electron chi connectivity index (χ0n) is 13.7. The molecule has 1 fully saturated rings. The van der Waals surface area contributed by atoms with Gasteiger partial charge in [-0.1, -0.05) is 0 Å². The van der Waals surface area contributed by atoms with Crippen molar-refractivity contribution in [3.8, 4) is 11.5 Å². The standard InChI is InChI=1S/C16H20N3O5P/c20-25(21,22)6-3-11-1-4-19(5-2-11)16-12-7-14-15(24-10-23-14)8-13(12)17-9-18-16/h7-9,11H,1-6,10H2,(H2,20,21,22). The van der Waals surface area contributed by atoms with Crippen molar-refractivity contribution < 1.29 is 23.8 Å². The molecule has 1 aromatic heterocycles. The van der Waals surface area contributed by atoms with Crippen molar-refractivity contribution in [1.29, 1.82) is 0 Å². The minimum absolute atomic E-state index is 0.0302. The Labute approximate surface area is 144 Å². The average Bonchev–Trinajstić information content (AvgIpc) is 3.04. The zero-order chi connectivity index (χ0) is 17.4. The molecule has 0 bridgehead atoms. The predicted octanol–water partition coefficient (Wildman–Crippen LogP) is 2.14. The van der Waals surface area contributed by atoms with Gasteiger partial charge in [-0.25, -0.2) is 9.97 Å². The summed E-state index contributed by atoms with van der Waals surface area (Å²) in [6.45, 7) is 1.85. The van der Waals surface area contributed by atoms with Crippen molar-refractivity contribution >= 4 is 24.3 Å². The summed E-state index contributed by atoms with van der Waals surface area (Å²) in [5, 5.41) is 0.931. The molecule has 0 aliphatic carbocycles. The fraction of sp³-hybridized carbons (Fsp3) is 0.500. The van der Waals surface area contributed by atoms with Gasteiger partial charge in [-0.3, -0.25) is 4.57 Å². The van der Waals surface area contributed by atoms with Gasteiger partial charge in [0, 0.05) is 24.5 Å². The summed E-state index contributed by atoms with van der Waals surface area (Å²) >= 11 is 0. The van der Waals surface area contributed by atoms with E-state index in [-0.39, 0.29) is 13.0 Å². The van der Waals surface area contributed by atoms with Gasteiger partial charge < -0.3 is 24.2 Å². The normalized spacial score (nSPS) is 18.1. The third-order valence-corrected chi connectivity index (χ3v) is 5.69. The first-order chi connectivity index (χ1) is 12.0. The number of benzene rings is 1. The van der Waals surface area contributed by atoms with Gasteiger partial charge >= 0.3 is 7.60 Å². The van der Waals surface area contributed by atoms with E-state index in [0.717, 1.165) is 42.7 Å². The van der Waals surface area contributed by atoms with Crippen LogP contribution in [0.15, 0.2) is 18.5 Å². The van der Waals surface area contributed by atoms with Gasteiger partial charge in [0.1, 0.15) is 12.1 Å². The molecule has 3 heterocycles. The second-order valence-electron chi connectivity index (χ2n) is 6.53. The molecule has 1 aromatic carbocycles. The fourth-order valence-electron chi connectivity index (χ4n) is 3.47. The molecule has 2 aromatic rings. The average molecular weight is 365 g/mol. The summed E-state index contributed by atoms with van der Waals surface area (Å²) in [5.74, 6) is 2.63. The van der Waals surface area contributed by atoms with E-state index in [1.54, 1.807) is 6.33 Å². The van der Waals surface area contributed by atoms with Crippen LogP contribution in [0.25, 0.3) is 10.9 Å². The number of hydrogen-bond donors (Lipinski definition) is 2. The molecule has 0 unspecified atom stereocenters. The molecule has 0 radical (unpaired) electrons. The van der Waals surface area contributed by atoms with Crippen LogP contribution < -0.4 is 14.4 Å². The lowest BCUT2D eigenvalue weighted by Crippen LogP contribution is -2.34. The minimum Gasteiger partial charge on any atom is -0.454 e. The number of anilines is 1. The van der Waals surface area contributed by atoms with E-state index in [4.69, 9.17) is 19.3 Å². The second kappa shape index (κ2) is 6.44. The van der Waals surface area contributed by atoms with E-state index in [2.05, 4.69) is 14.9 Å². The Morgan fingerprint density at radius 3 is 2.60 bits per heavy atom. The van der Waals surface area contributed by atoms with E-state index in [0.29, 0.717) is 23.8 Å². The first-order valence-electron chi connectivity index (χ1n) is 8.33. The second-order valence-corrected chi connectivity index (χ2v) is 8.30. The smallest absolute Gasteiger partial charge is 0.325 e. The van der Waals surface area contributed by atoms with Crippen molar-refractivity contribution in [2.75, 3.05) is 30.9 Å². The number of rotatable bonds is 4. The number of aromatic nitrogens is 2. The van der Waals surface area contributed by atoms with Crippen LogP contribution in [0.2, 0.25) is 0 Å². The highest BCUT2D eigenvalue weighted by atomic mass is 31.2. The van der Waals surface area contributed by atoms with Crippen LogP contribution in [-0.4, -0.2) is 45.8 Å². The van der Waals surface area contributed by atoms with E-state index in [1.165, 1.54) is 0 Å². The molecule has 4 rings (SSSR count). The van der Waals surface area contributed by atoms with E-state index in [9.17, 15) is 4.57 Å². The molecule has 2 aliphatic rings. The van der Waals surface area contributed by atoms with Crippen molar-refractivity contribution in [2.45, 2.75) is 19.3 Å². The monoisotopic (exact) mass is 365 g/mol. The Bertz CT molecular complexity index is 832. The van der Waals surface area contributed by atoms with Crippen molar-refractivity contribution in [1.82, 2.24) is 9.97 Å². The van der Waals surface area contributed by atoms with Gasteiger partial charge in [-0.2, -0.15) is 0 Å². The summed E-state index contributed by atoms with van der Waals surface area (Å²) in [6, 6.07) is 3.79. The van der Waals surface area contributed by atoms with Gasteiger partial charge in [-0.15, -0.1) is 0 Å². The molecular weight excluding hydrogens is 345 g/mol. The quantitative estimate of drug-likeness (QED) is 0.794. The predicted molar refractivity (Wildman–Crippen MR) is 92.1 cm³/mol. The summed E-state index contributed by atoms with van der Waals surface area (Å²) in [6.07, 6.45) is 3.89. The van der Waals surface area contributed by atoms with E-state index < -0.39 is 7.60 Å². The first-order valence-corrected chi connectivity index (χ1v) is 10.1. The lowest BCUT2D eigenvalue weighted by atomic mass is 9.94. The molecule has 0 spiro atoms. The highest BCUT2D eigenvalue weighted by Gasteiger charge is 2.25. The maximum Gasteiger partial charge on any atom is 0.325 e. The van der Waals surface area contributed by atoms with Crippen LogP contribution in [0.1, 0.15) is 19.3 Å². The molecule has 25 heavy (non-hydrogen) atoms. The minimum atomic E-state index is -3.91. The number of hydrogen-bond acceptors (Lipinski definition) is 6. The number of fused-ring (bicyclic) bond motifs is 2. The zero-order valence-corrected chi connectivity index (χ0v) is 14.6. The third kappa shape index (κ3) is 3.56. The molecule has 2 N–H and O–H groups in total. The van der Waals surface area contributed by atoms with Crippen LogP contribution in [-0.2, 0) is 4.57 Å². The van der Waals surface area contributed by atoms with E-state index >= 15 is 0 Å². The first kappa shape index (κ1) is 16.6. The Hall–Kier alpha value is -1.89. The molecule has 1 saturated heterocycles. The summed E-state index contributed by atoms with van der Waals surface area (Å²) in [5.41, 5.74) is 0.817. The van der Waals surface area contributed by atoms with Gasteiger partial charge in [0.15, 0.2) is 11.5 Å². The molecule has 9 heteroatoms. The third-order valence-electron chi connectivity index (χ3n) is 4.85. The maximum absolute atomic E-state index is 11.0. The highest BCUT2D eigenvalue weighted by molar-refractivity contribution is 7.51. The highest BCUT2D eigenvalue weighted by Crippen LogP contribution is 2.40. The molecule has 0 atom stereocenters. The van der Waals surface area contributed by atoms with Crippen molar-refractivity contribution in [3.63, 3.8) is 0 Å². The van der Waals surface area contributed by atoms with Crippen molar-refractivity contribution in [3.05, 3.63) is 18.5 Å². The van der Waals surface area contributed by atoms with Crippen LogP contribution in [0.3, 0.4) is 0 Å². The number of nitrogens with zero attached hydrogens (tertiary/aromatic N) is 3. The Morgan fingerprint density at radius 1 is 1.16 bits per heavy atom. The number of piperidine rings is 1. The lowest BCUT2D eigenvalue weighted by molar-refractivity contribution is 0.174. The molecule has 134 valence electrons. The molecule has 8 nitrogen and oxygen atoms in total. The summed E-state index contributed by atoms with van der Waals surface area (Å²) < 4.78 is 21.9. The van der Waals surface area contributed by atoms with Crippen molar-refractivity contribution in [2.24, 2.45) is 5.92 Å². The van der Waals surface area contributed by atoms with Crippen LogP contribution in [0.5, 0.6) is 11.5 Å². The van der Waals surface area contributed by atoms with Gasteiger partial charge in [0.2, 0.25) is 6.79 Å². The Kier molecular flexibility index (Phi) is 4.27. The lowest BCUT2D eigenvalue weighted by Gasteiger charge is -2.33. The topological polar surface area (TPSA) is 105 Å². The van der Waals surface area contributed by atoms with Gasteiger partial charge in [0.05, 0.1) is 11.7 Å². The van der Waals surface area contributed by atoms with Crippen LogP contribution >= 0.6 is 7.60 Å². The van der Waals surface area contributed by atoms with Crippen LogP contribution in [0, 0.1) is 5.92 Å². The van der Waals surface area contributed by atoms with Gasteiger partial charge in [0.25, 0.3) is 0 Å². The summed E-state index contributed by atoms with van der Waals surface area (Å²) in [7, 11) is -3.91.